The number of carbonyl (C=O) groups excluding carboxylic acids is 8. The molecule has 1 heterocycles. The smallest absolute Gasteiger partial charge is 0.408 e. The molecular weight excluding hydrogens is 1000 g/mol. The average Bonchev–Trinajstić information content (AvgIpc) is 3.47. The lowest BCUT2D eigenvalue weighted by atomic mass is 9.44. The second-order valence-electron chi connectivity index (χ2n) is 21.4. The molecule has 0 radical (unpaired) electrons. The standard InChI is InChI=1S/C56H66N2O19/c1-31-36(27-56(69)47(75-48(65)35-22-16-11-17-23-35)45-54(8,46(64)43(63)41(31)53(56,6)7)37(60)26-38-55(45,30-72-38)76-32(2)59)73-49(66)44(42(34-20-14-10-15-21-34)58-51(68)77-52(3,4)5)74-40(62)29-70-39(61)24-25-57-50(67)71-28-33-18-12-9-13-19-33/h9-23,36-38,42-45,47,60,63,69H,24-30H2,1-8H3,(H,57,67)(H,58,68)/t36-,37-,38+,42+,43+,44+,45-,47?,54+,55-,56?/m0/s1. The predicted molar refractivity (Wildman–Crippen MR) is 268 cm³/mol. The highest BCUT2D eigenvalue weighted by Crippen LogP contribution is 2.64. The van der Waals surface area contributed by atoms with Crippen LogP contribution in [0, 0.1) is 16.7 Å². The van der Waals surface area contributed by atoms with Crippen molar-refractivity contribution in [2.24, 2.45) is 16.7 Å². The number of esters is 5. The summed E-state index contributed by atoms with van der Waals surface area (Å²) < 4.78 is 46.1. The SMILES string of the molecule is CC(=O)O[C@@]12CO[C@@H]1C[C@H](O)[C@@]1(C)C(=O)[C@H](O)C3=C(C)[C@@H](OC(=O)[C@H](OC(=O)COC(=O)CCNC(=O)OCc4ccccc4)[C@H](NC(=O)OC(C)(C)C)c4ccccc4)CC(O)(C(OC(=O)c4ccccc4)[C@H]21)C3(C)C. The van der Waals surface area contributed by atoms with Gasteiger partial charge in [0.2, 0.25) is 6.10 Å². The summed E-state index contributed by atoms with van der Waals surface area (Å²) in [7, 11) is 0. The normalized spacial score (nSPS) is 27.9. The van der Waals surface area contributed by atoms with Crippen LogP contribution in [0.15, 0.2) is 102 Å². The summed E-state index contributed by atoms with van der Waals surface area (Å²) in [5, 5.41) is 43.2. The van der Waals surface area contributed by atoms with Gasteiger partial charge in [0.15, 0.2) is 18.0 Å². The molecule has 7 rings (SSSR count). The van der Waals surface area contributed by atoms with E-state index in [-0.39, 0.29) is 48.5 Å². The number of Topliss-reactive ketones (excluding diaryl/α,β-unsaturated/α-hetero) is 1. The van der Waals surface area contributed by atoms with E-state index in [1.54, 1.807) is 87.5 Å². The molecule has 0 spiro atoms. The highest BCUT2D eigenvalue weighted by atomic mass is 16.6. The van der Waals surface area contributed by atoms with Crippen molar-refractivity contribution in [3.63, 3.8) is 0 Å². The van der Waals surface area contributed by atoms with Crippen molar-refractivity contribution in [1.82, 2.24) is 10.6 Å². The molecule has 3 aromatic rings. The minimum atomic E-state index is -2.50. The molecule has 11 atom stereocenters. The predicted octanol–water partition coefficient (Wildman–Crippen LogP) is 4.67. The van der Waals surface area contributed by atoms with Crippen molar-refractivity contribution in [3.8, 4) is 0 Å². The molecular formula is C56H66N2O19. The molecule has 1 saturated heterocycles. The maximum atomic E-state index is 15.3. The van der Waals surface area contributed by atoms with Crippen LogP contribution in [0.4, 0.5) is 9.59 Å². The second kappa shape index (κ2) is 22.8. The molecule has 1 aliphatic heterocycles. The first-order valence-electron chi connectivity index (χ1n) is 25.2. The van der Waals surface area contributed by atoms with Crippen LogP contribution in [0.25, 0.3) is 0 Å². The lowest BCUT2D eigenvalue weighted by Crippen LogP contribution is -2.81. The largest absolute Gasteiger partial charge is 0.455 e. The molecule has 77 heavy (non-hydrogen) atoms. The summed E-state index contributed by atoms with van der Waals surface area (Å²) in [6.07, 6.45) is -13.7. The Balaban J connectivity index is 1.24. The van der Waals surface area contributed by atoms with Crippen molar-refractivity contribution >= 4 is 47.8 Å². The van der Waals surface area contributed by atoms with Gasteiger partial charge in [0.05, 0.1) is 36.0 Å². The number of ether oxygens (including phenoxy) is 8. The van der Waals surface area contributed by atoms with E-state index in [2.05, 4.69) is 10.6 Å². The molecule has 2 bridgehead atoms. The number of alkyl carbamates (subject to hydrolysis) is 2. The third-order valence-corrected chi connectivity index (χ3v) is 15.0. The molecule has 414 valence electrons. The monoisotopic (exact) mass is 1070 g/mol. The van der Waals surface area contributed by atoms with Gasteiger partial charge in [0.1, 0.15) is 48.3 Å². The molecule has 2 saturated carbocycles. The van der Waals surface area contributed by atoms with E-state index in [4.69, 9.17) is 37.9 Å². The van der Waals surface area contributed by atoms with Crippen molar-refractivity contribution < 1.29 is 91.6 Å². The van der Waals surface area contributed by atoms with Gasteiger partial charge in [-0.3, -0.25) is 14.4 Å². The second-order valence-corrected chi connectivity index (χ2v) is 21.4. The number of hydrogen-bond donors (Lipinski definition) is 5. The molecule has 3 aromatic carbocycles. The molecule has 2 amide bonds. The quantitative estimate of drug-likeness (QED) is 0.0740. The van der Waals surface area contributed by atoms with Crippen molar-refractivity contribution in [3.05, 3.63) is 119 Å². The molecule has 3 aliphatic carbocycles. The molecule has 4 aliphatic rings. The zero-order valence-corrected chi connectivity index (χ0v) is 44.1. The number of aliphatic hydroxyl groups excluding tert-OH is 2. The van der Waals surface area contributed by atoms with Crippen LogP contribution in [0.5, 0.6) is 0 Å². The third kappa shape index (κ3) is 11.9. The van der Waals surface area contributed by atoms with Crippen LogP contribution in [0.2, 0.25) is 0 Å². The van der Waals surface area contributed by atoms with Crippen LogP contribution in [-0.2, 0) is 68.5 Å². The maximum absolute atomic E-state index is 15.3. The zero-order valence-electron chi connectivity index (χ0n) is 44.1. The summed E-state index contributed by atoms with van der Waals surface area (Å²) in [4.78, 5) is 110. The number of aliphatic hydroxyl groups is 3. The van der Waals surface area contributed by atoms with E-state index < -0.39 is 143 Å². The average molecular weight is 1070 g/mol. The van der Waals surface area contributed by atoms with E-state index in [1.807, 2.05) is 0 Å². The Kier molecular flexibility index (Phi) is 17.0. The van der Waals surface area contributed by atoms with Crippen LogP contribution < -0.4 is 10.6 Å². The van der Waals surface area contributed by atoms with Gasteiger partial charge in [0, 0.05) is 31.7 Å². The van der Waals surface area contributed by atoms with Gasteiger partial charge in [-0.25, -0.2) is 24.0 Å². The summed E-state index contributed by atoms with van der Waals surface area (Å²) in [5.74, 6) is -8.05. The van der Waals surface area contributed by atoms with E-state index in [1.165, 1.54) is 52.0 Å². The Bertz CT molecular complexity index is 2740. The number of rotatable bonds is 16. The first kappa shape index (κ1) is 57.5. The van der Waals surface area contributed by atoms with Gasteiger partial charge in [-0.1, -0.05) is 92.7 Å². The fourth-order valence-corrected chi connectivity index (χ4v) is 11.1. The number of ketones is 1. The van der Waals surface area contributed by atoms with Crippen LogP contribution in [0.3, 0.4) is 0 Å². The number of nitrogens with one attached hydrogen (secondary N) is 2. The van der Waals surface area contributed by atoms with Crippen molar-refractivity contribution in [1.29, 1.82) is 0 Å². The fraction of sp³-hybridized carbons (Fsp3) is 0.500. The number of benzene rings is 3. The highest BCUT2D eigenvalue weighted by molar-refractivity contribution is 5.94. The molecule has 21 heteroatoms. The first-order valence-corrected chi connectivity index (χ1v) is 25.2. The van der Waals surface area contributed by atoms with Crippen LogP contribution >= 0.6 is 0 Å². The first-order chi connectivity index (χ1) is 36.2. The lowest BCUT2D eigenvalue weighted by molar-refractivity contribution is -0.346. The molecule has 0 aromatic heterocycles. The summed E-state index contributed by atoms with van der Waals surface area (Å²) in [6.45, 7) is 9.97. The Morgan fingerprint density at radius 2 is 1.45 bits per heavy atom. The van der Waals surface area contributed by atoms with Gasteiger partial charge >= 0.3 is 42.0 Å². The van der Waals surface area contributed by atoms with E-state index in [9.17, 15) is 44.1 Å². The third-order valence-electron chi connectivity index (χ3n) is 15.0. The molecule has 3 fully saturated rings. The topological polar surface area (TPSA) is 295 Å². The Hall–Kier alpha value is -7.20. The summed E-state index contributed by atoms with van der Waals surface area (Å²) in [5.41, 5.74) is -8.45. The number of carbonyl (C=O) groups is 8. The summed E-state index contributed by atoms with van der Waals surface area (Å²) >= 11 is 0. The Morgan fingerprint density at radius 3 is 2.05 bits per heavy atom. The molecule has 5 N–H and O–H groups in total. The number of amides is 2. The van der Waals surface area contributed by atoms with Gasteiger partial charge in [-0.15, -0.1) is 0 Å². The minimum Gasteiger partial charge on any atom is -0.455 e. The lowest BCUT2D eigenvalue weighted by Gasteiger charge is -2.67. The van der Waals surface area contributed by atoms with Crippen LogP contribution in [-0.4, -0.2) is 136 Å². The van der Waals surface area contributed by atoms with E-state index in [0.717, 1.165) is 12.5 Å². The van der Waals surface area contributed by atoms with Crippen molar-refractivity contribution in [2.45, 2.75) is 141 Å². The Morgan fingerprint density at radius 1 is 0.831 bits per heavy atom. The zero-order chi connectivity index (χ0) is 56.3. The summed E-state index contributed by atoms with van der Waals surface area (Å²) in [6, 6.07) is 22.8. The van der Waals surface area contributed by atoms with E-state index >= 15 is 9.59 Å². The van der Waals surface area contributed by atoms with Gasteiger partial charge < -0.3 is 63.8 Å². The Labute approximate surface area is 444 Å². The number of fused-ring (bicyclic) bond motifs is 5. The van der Waals surface area contributed by atoms with E-state index in [0.29, 0.717) is 0 Å². The van der Waals surface area contributed by atoms with Gasteiger partial charge in [-0.05, 0) is 69.0 Å². The number of hydrogen-bond acceptors (Lipinski definition) is 19. The van der Waals surface area contributed by atoms with Crippen LogP contribution in [0.1, 0.15) is 102 Å². The fourth-order valence-electron chi connectivity index (χ4n) is 11.1. The van der Waals surface area contributed by atoms with Gasteiger partial charge in [0.25, 0.3) is 0 Å². The maximum Gasteiger partial charge on any atom is 0.408 e. The van der Waals surface area contributed by atoms with Gasteiger partial charge in [-0.2, -0.15) is 0 Å². The highest BCUT2D eigenvalue weighted by Gasteiger charge is 2.78. The van der Waals surface area contributed by atoms with Crippen molar-refractivity contribution in [2.75, 3.05) is 19.8 Å². The molecule has 2 unspecified atom stereocenters. The molecule has 21 nitrogen and oxygen atoms in total. The minimum absolute atomic E-state index is 0.0183.